The topological polar surface area (TPSA) is 51.1 Å². The van der Waals surface area contributed by atoms with Crippen molar-refractivity contribution in [2.45, 2.75) is 0 Å². The highest BCUT2D eigenvalue weighted by Gasteiger charge is 2.10. The molecule has 2 heterocycles. The molecule has 0 aliphatic heterocycles. The van der Waals surface area contributed by atoms with E-state index >= 15 is 0 Å². The van der Waals surface area contributed by atoms with Crippen molar-refractivity contribution < 1.29 is 4.74 Å². The van der Waals surface area contributed by atoms with E-state index in [1.165, 1.54) is 0 Å². The number of rotatable bonds is 3. The Hall–Kier alpha value is -2.69. The minimum Gasteiger partial charge on any atom is -0.497 e. The average molecular weight is 266 g/mol. The first-order valence-corrected chi connectivity index (χ1v) is 6.24. The summed E-state index contributed by atoms with van der Waals surface area (Å²) in [6.07, 6.45) is 3.48. The Morgan fingerprint density at radius 3 is 2.65 bits per heavy atom. The van der Waals surface area contributed by atoms with Crippen molar-refractivity contribution in [2.24, 2.45) is 0 Å². The van der Waals surface area contributed by atoms with E-state index in [4.69, 9.17) is 4.74 Å². The minimum absolute atomic E-state index is 0.783. The lowest BCUT2D eigenvalue weighted by Gasteiger charge is -2.20. The first kappa shape index (κ1) is 12.3. The van der Waals surface area contributed by atoms with Gasteiger partial charge >= 0.3 is 0 Å². The molecule has 0 bridgehead atoms. The summed E-state index contributed by atoms with van der Waals surface area (Å²) < 4.78 is 5.17. The van der Waals surface area contributed by atoms with Crippen LogP contribution < -0.4 is 9.64 Å². The van der Waals surface area contributed by atoms with E-state index < -0.39 is 0 Å². The third kappa shape index (κ3) is 2.14. The fourth-order valence-electron chi connectivity index (χ4n) is 2.07. The summed E-state index contributed by atoms with van der Waals surface area (Å²) in [5.41, 5.74) is 3.57. The van der Waals surface area contributed by atoms with Gasteiger partial charge in [-0.1, -0.05) is 0 Å². The van der Waals surface area contributed by atoms with Crippen LogP contribution in [-0.2, 0) is 0 Å². The lowest BCUT2D eigenvalue weighted by atomic mass is 10.2. The molecule has 0 fully saturated rings. The third-order valence-electron chi connectivity index (χ3n) is 3.20. The summed E-state index contributed by atoms with van der Waals surface area (Å²) in [5.74, 6) is 0.831. The van der Waals surface area contributed by atoms with Crippen LogP contribution >= 0.6 is 0 Å². The Bertz CT molecular complexity index is 722. The van der Waals surface area contributed by atoms with Gasteiger partial charge in [-0.05, 0) is 36.4 Å². The van der Waals surface area contributed by atoms with Crippen molar-refractivity contribution in [3.8, 4) is 5.75 Å². The van der Waals surface area contributed by atoms with Gasteiger partial charge in [-0.3, -0.25) is 4.98 Å². The molecule has 3 rings (SSSR count). The molecule has 20 heavy (non-hydrogen) atoms. The summed E-state index contributed by atoms with van der Waals surface area (Å²) in [7, 11) is 3.63. The van der Waals surface area contributed by atoms with Gasteiger partial charge < -0.3 is 9.64 Å². The second-order valence-corrected chi connectivity index (χ2v) is 4.36. The van der Waals surface area contributed by atoms with E-state index in [1.54, 1.807) is 19.5 Å². The van der Waals surface area contributed by atoms with E-state index in [2.05, 4.69) is 15.2 Å². The molecule has 0 aliphatic carbocycles. The number of anilines is 2. The molecule has 0 aliphatic rings. The number of nitrogens with zero attached hydrogens (tertiary/aromatic N) is 4. The lowest BCUT2D eigenvalue weighted by Crippen LogP contribution is -2.11. The quantitative estimate of drug-likeness (QED) is 0.729. The van der Waals surface area contributed by atoms with Crippen LogP contribution in [0, 0.1) is 0 Å². The van der Waals surface area contributed by atoms with E-state index in [0.717, 1.165) is 28.2 Å². The van der Waals surface area contributed by atoms with Gasteiger partial charge in [-0.15, -0.1) is 5.10 Å². The van der Waals surface area contributed by atoms with Gasteiger partial charge in [0.15, 0.2) is 0 Å². The van der Waals surface area contributed by atoms with Crippen molar-refractivity contribution in [1.82, 2.24) is 15.2 Å². The van der Waals surface area contributed by atoms with Gasteiger partial charge in [0.25, 0.3) is 0 Å². The molecule has 0 atom stereocenters. The van der Waals surface area contributed by atoms with Crippen molar-refractivity contribution in [1.29, 1.82) is 0 Å². The molecule has 100 valence electrons. The first-order chi connectivity index (χ1) is 9.79. The molecule has 0 radical (unpaired) electrons. The molecule has 0 N–H and O–H groups in total. The van der Waals surface area contributed by atoms with Crippen LogP contribution in [0.4, 0.5) is 11.4 Å². The Labute approximate surface area is 116 Å². The Morgan fingerprint density at radius 2 is 1.90 bits per heavy atom. The molecular weight excluding hydrogens is 252 g/mol. The zero-order valence-electron chi connectivity index (χ0n) is 11.3. The summed E-state index contributed by atoms with van der Waals surface area (Å²) in [4.78, 5) is 6.42. The third-order valence-corrected chi connectivity index (χ3v) is 3.20. The van der Waals surface area contributed by atoms with E-state index in [0.29, 0.717) is 0 Å². The van der Waals surface area contributed by atoms with Crippen molar-refractivity contribution in [3.05, 3.63) is 48.8 Å². The number of hydrogen-bond acceptors (Lipinski definition) is 5. The SMILES string of the molecule is COc1ccc(N(C)c2cnnc3cccnc23)cc1. The van der Waals surface area contributed by atoms with Crippen LogP contribution in [-0.4, -0.2) is 29.3 Å². The number of aromatic nitrogens is 3. The Kier molecular flexibility index (Phi) is 3.16. The van der Waals surface area contributed by atoms with E-state index in [-0.39, 0.29) is 0 Å². The van der Waals surface area contributed by atoms with Crippen LogP contribution in [0.25, 0.3) is 11.0 Å². The van der Waals surface area contributed by atoms with Gasteiger partial charge in [0.1, 0.15) is 16.8 Å². The zero-order chi connectivity index (χ0) is 13.9. The molecule has 3 aromatic rings. The van der Waals surface area contributed by atoms with Gasteiger partial charge in [0, 0.05) is 18.9 Å². The molecule has 1 aromatic carbocycles. The number of methoxy groups -OCH3 is 1. The molecule has 0 amide bonds. The van der Waals surface area contributed by atoms with Gasteiger partial charge in [0.2, 0.25) is 0 Å². The Morgan fingerprint density at radius 1 is 1.10 bits per heavy atom. The van der Waals surface area contributed by atoms with E-state index in [1.807, 2.05) is 48.3 Å². The van der Waals surface area contributed by atoms with Crippen molar-refractivity contribution >= 4 is 22.4 Å². The van der Waals surface area contributed by atoms with E-state index in [9.17, 15) is 0 Å². The Balaban J connectivity index is 2.05. The maximum Gasteiger partial charge on any atom is 0.119 e. The molecule has 0 unspecified atom stereocenters. The molecule has 0 spiro atoms. The molecule has 0 saturated heterocycles. The number of benzene rings is 1. The van der Waals surface area contributed by atoms with Crippen LogP contribution in [0.2, 0.25) is 0 Å². The highest BCUT2D eigenvalue weighted by Crippen LogP contribution is 2.28. The van der Waals surface area contributed by atoms with Crippen LogP contribution in [0.3, 0.4) is 0 Å². The maximum absolute atomic E-state index is 5.17. The second-order valence-electron chi connectivity index (χ2n) is 4.36. The molecule has 0 saturated carbocycles. The predicted octanol–water partition coefficient (Wildman–Crippen LogP) is 2.80. The summed E-state index contributed by atoms with van der Waals surface area (Å²) in [6.45, 7) is 0. The van der Waals surface area contributed by atoms with Crippen LogP contribution in [0.1, 0.15) is 0 Å². The van der Waals surface area contributed by atoms with Gasteiger partial charge in [-0.25, -0.2) is 0 Å². The molecule has 5 heteroatoms. The summed E-state index contributed by atoms with van der Waals surface area (Å²) in [6, 6.07) is 11.6. The van der Waals surface area contributed by atoms with Crippen molar-refractivity contribution in [2.75, 3.05) is 19.1 Å². The predicted molar refractivity (Wildman–Crippen MR) is 78.4 cm³/mol. The largest absolute Gasteiger partial charge is 0.497 e. The maximum atomic E-state index is 5.17. The zero-order valence-corrected chi connectivity index (χ0v) is 11.3. The number of hydrogen-bond donors (Lipinski definition) is 0. The number of pyridine rings is 1. The average Bonchev–Trinajstić information content (AvgIpc) is 2.54. The summed E-state index contributed by atoms with van der Waals surface area (Å²) in [5, 5.41) is 8.12. The normalized spacial score (nSPS) is 10.5. The first-order valence-electron chi connectivity index (χ1n) is 6.24. The minimum atomic E-state index is 0.783. The number of fused-ring (bicyclic) bond motifs is 1. The highest BCUT2D eigenvalue weighted by molar-refractivity contribution is 5.89. The van der Waals surface area contributed by atoms with Crippen LogP contribution in [0.15, 0.2) is 48.8 Å². The van der Waals surface area contributed by atoms with Gasteiger partial charge in [0.05, 0.1) is 19.0 Å². The van der Waals surface area contributed by atoms with Crippen LogP contribution in [0.5, 0.6) is 5.75 Å². The monoisotopic (exact) mass is 266 g/mol. The van der Waals surface area contributed by atoms with Crippen molar-refractivity contribution in [3.63, 3.8) is 0 Å². The van der Waals surface area contributed by atoms with Gasteiger partial charge in [-0.2, -0.15) is 5.10 Å². The fraction of sp³-hybridized carbons (Fsp3) is 0.133. The second kappa shape index (κ2) is 5.13. The molecule has 5 nitrogen and oxygen atoms in total. The lowest BCUT2D eigenvalue weighted by molar-refractivity contribution is 0.415. The summed E-state index contributed by atoms with van der Waals surface area (Å²) >= 11 is 0. The fourth-order valence-corrected chi connectivity index (χ4v) is 2.07. The smallest absolute Gasteiger partial charge is 0.119 e. The number of ether oxygens (including phenoxy) is 1. The molecule has 2 aromatic heterocycles. The highest BCUT2D eigenvalue weighted by atomic mass is 16.5. The molecular formula is C15H14N4O. The standard InChI is InChI=1S/C15H14N4O/c1-19(11-5-7-12(20-2)8-6-11)14-10-17-18-13-4-3-9-16-15(13)14/h3-10H,1-2H3.